The molecule has 1 amide bonds. The second-order valence-corrected chi connectivity index (χ2v) is 7.95. The number of alkyl halides is 3. The molecule has 0 spiro atoms. The summed E-state index contributed by atoms with van der Waals surface area (Å²) in [4.78, 5) is 11.7. The monoisotopic (exact) mass is 463 g/mol. The molecule has 1 aromatic carbocycles. The summed E-state index contributed by atoms with van der Waals surface area (Å²) in [6.07, 6.45) is -1.81. The lowest BCUT2D eigenvalue weighted by Crippen LogP contribution is -2.37. The summed E-state index contributed by atoms with van der Waals surface area (Å²) in [5, 5.41) is 17.7. The minimum atomic E-state index is -4.66. The highest BCUT2D eigenvalue weighted by atomic mass is 19.4. The maximum Gasteiger partial charge on any atom is 0.435 e. The highest BCUT2D eigenvalue weighted by molar-refractivity contribution is 5.80. The normalized spacial score (nSPS) is 17.7. The van der Waals surface area contributed by atoms with Crippen LogP contribution in [-0.2, 0) is 17.5 Å². The number of benzene rings is 1. The van der Waals surface area contributed by atoms with Crippen molar-refractivity contribution in [1.82, 2.24) is 30.6 Å². The van der Waals surface area contributed by atoms with Crippen LogP contribution < -0.4 is 16.4 Å². The fourth-order valence-electron chi connectivity index (χ4n) is 3.56. The molecule has 1 saturated heterocycles. The second-order valence-electron chi connectivity index (χ2n) is 7.95. The average Bonchev–Trinajstić information content (AvgIpc) is 3.45. The van der Waals surface area contributed by atoms with Crippen molar-refractivity contribution in [3.63, 3.8) is 0 Å². The van der Waals surface area contributed by atoms with E-state index in [0.29, 0.717) is 17.1 Å². The number of piperidine rings is 1. The Kier molecular flexibility index (Phi) is 6.47. The third-order valence-corrected chi connectivity index (χ3v) is 5.30. The Labute approximate surface area is 187 Å². The molecule has 0 radical (unpaired) electrons. The number of hydrogen-bond donors (Lipinski definition) is 3. The van der Waals surface area contributed by atoms with Gasteiger partial charge in [0.05, 0.1) is 17.8 Å². The standard InChI is InChI=1S/C21H24F3N7O2/c1-12(25)18(32)27-11-13-5-4-6-14(9-13)31-16(10-17(30-31)21(22,23)24)20-29-28-19(33-20)15-7-2-3-8-26-15/h4-6,9-10,12,15,26H,2-3,7-8,11,25H2,1H3,(H,27,32)/t12-,15-/m0/s1. The Morgan fingerprint density at radius 2 is 2.15 bits per heavy atom. The van der Waals surface area contributed by atoms with E-state index in [2.05, 4.69) is 25.9 Å². The number of carbonyl (C=O) groups excluding carboxylic acids is 1. The molecule has 1 aliphatic heterocycles. The van der Waals surface area contributed by atoms with E-state index in [9.17, 15) is 18.0 Å². The third kappa shape index (κ3) is 5.22. The Morgan fingerprint density at radius 3 is 2.85 bits per heavy atom. The molecule has 0 saturated carbocycles. The van der Waals surface area contributed by atoms with E-state index in [1.54, 1.807) is 31.2 Å². The molecule has 3 heterocycles. The van der Waals surface area contributed by atoms with Crippen molar-refractivity contribution in [1.29, 1.82) is 0 Å². The molecule has 3 aromatic rings. The van der Waals surface area contributed by atoms with E-state index >= 15 is 0 Å². The predicted octanol–water partition coefficient (Wildman–Crippen LogP) is 2.72. The zero-order chi connectivity index (χ0) is 23.6. The maximum absolute atomic E-state index is 13.5. The van der Waals surface area contributed by atoms with Gasteiger partial charge in [-0.15, -0.1) is 10.2 Å². The molecule has 1 fully saturated rings. The van der Waals surface area contributed by atoms with Crippen LogP contribution in [0.25, 0.3) is 17.3 Å². The molecule has 2 atom stereocenters. The summed E-state index contributed by atoms with van der Waals surface area (Å²) >= 11 is 0. The lowest BCUT2D eigenvalue weighted by atomic mass is 10.1. The van der Waals surface area contributed by atoms with Gasteiger partial charge in [-0.1, -0.05) is 18.6 Å². The summed E-state index contributed by atoms with van der Waals surface area (Å²) in [6, 6.07) is 6.70. The van der Waals surface area contributed by atoms with E-state index in [1.165, 1.54) is 0 Å². The minimum absolute atomic E-state index is 0.0219. The Bertz CT molecular complexity index is 1120. The Morgan fingerprint density at radius 1 is 1.33 bits per heavy atom. The van der Waals surface area contributed by atoms with Crippen LogP contribution in [0.3, 0.4) is 0 Å². The first-order valence-electron chi connectivity index (χ1n) is 10.6. The van der Waals surface area contributed by atoms with Crippen molar-refractivity contribution in [3.8, 4) is 17.3 Å². The zero-order valence-electron chi connectivity index (χ0n) is 17.9. The van der Waals surface area contributed by atoms with Gasteiger partial charge >= 0.3 is 6.18 Å². The van der Waals surface area contributed by atoms with Crippen LogP contribution in [-0.4, -0.2) is 38.5 Å². The summed E-state index contributed by atoms with van der Waals surface area (Å²) < 4.78 is 47.2. The van der Waals surface area contributed by atoms with Crippen molar-refractivity contribution in [3.05, 3.63) is 47.5 Å². The van der Waals surface area contributed by atoms with Gasteiger partial charge in [-0.05, 0) is 44.0 Å². The number of aromatic nitrogens is 4. The number of hydrogen-bond acceptors (Lipinski definition) is 7. The first-order valence-corrected chi connectivity index (χ1v) is 10.6. The zero-order valence-corrected chi connectivity index (χ0v) is 17.9. The summed E-state index contributed by atoms with van der Waals surface area (Å²) in [7, 11) is 0. The molecule has 0 bridgehead atoms. The average molecular weight is 463 g/mol. The molecule has 33 heavy (non-hydrogen) atoms. The Balaban J connectivity index is 1.67. The van der Waals surface area contributed by atoms with Crippen LogP contribution in [0.5, 0.6) is 0 Å². The van der Waals surface area contributed by atoms with Crippen molar-refractivity contribution in [2.24, 2.45) is 5.73 Å². The van der Waals surface area contributed by atoms with Crippen LogP contribution in [0.1, 0.15) is 49.4 Å². The van der Waals surface area contributed by atoms with Crippen molar-refractivity contribution in [2.45, 2.75) is 51.0 Å². The Hall–Kier alpha value is -3.25. The van der Waals surface area contributed by atoms with Gasteiger partial charge in [-0.25, -0.2) is 4.68 Å². The van der Waals surface area contributed by atoms with Gasteiger partial charge in [0.25, 0.3) is 5.89 Å². The summed E-state index contributed by atoms with van der Waals surface area (Å²) in [5.41, 5.74) is 5.50. The molecule has 0 unspecified atom stereocenters. The molecule has 2 aromatic heterocycles. The highest BCUT2D eigenvalue weighted by Gasteiger charge is 2.36. The van der Waals surface area contributed by atoms with E-state index in [-0.39, 0.29) is 30.1 Å². The molecule has 12 heteroatoms. The number of nitrogens with two attached hydrogens (primary N) is 1. The molecule has 9 nitrogen and oxygen atoms in total. The van der Waals surface area contributed by atoms with E-state index in [0.717, 1.165) is 36.6 Å². The van der Waals surface area contributed by atoms with Crippen LogP contribution in [0.15, 0.2) is 34.7 Å². The van der Waals surface area contributed by atoms with Crippen LogP contribution in [0.4, 0.5) is 13.2 Å². The van der Waals surface area contributed by atoms with E-state index in [4.69, 9.17) is 10.2 Å². The first kappa shape index (κ1) is 22.9. The quantitative estimate of drug-likeness (QED) is 0.514. The van der Waals surface area contributed by atoms with Crippen molar-refractivity contribution in [2.75, 3.05) is 6.54 Å². The lowest BCUT2D eigenvalue weighted by Gasteiger charge is -2.19. The van der Waals surface area contributed by atoms with Crippen LogP contribution in [0.2, 0.25) is 0 Å². The third-order valence-electron chi connectivity index (χ3n) is 5.30. The van der Waals surface area contributed by atoms with Crippen molar-refractivity contribution < 1.29 is 22.4 Å². The van der Waals surface area contributed by atoms with Crippen molar-refractivity contribution >= 4 is 5.91 Å². The fourth-order valence-corrected chi connectivity index (χ4v) is 3.56. The topological polar surface area (TPSA) is 124 Å². The number of nitrogens with zero attached hydrogens (tertiary/aromatic N) is 4. The molecule has 4 rings (SSSR count). The van der Waals surface area contributed by atoms with E-state index in [1.807, 2.05) is 0 Å². The van der Waals surface area contributed by atoms with Gasteiger partial charge in [0.1, 0.15) is 5.69 Å². The molecule has 0 aliphatic carbocycles. The molecular formula is C21H24F3N7O2. The number of amides is 1. The van der Waals surface area contributed by atoms with Crippen LogP contribution >= 0.6 is 0 Å². The van der Waals surface area contributed by atoms with Gasteiger partial charge in [-0.2, -0.15) is 18.3 Å². The molecule has 4 N–H and O–H groups in total. The number of rotatable bonds is 6. The number of nitrogens with one attached hydrogen (secondary N) is 2. The largest absolute Gasteiger partial charge is 0.435 e. The smallest absolute Gasteiger partial charge is 0.418 e. The van der Waals surface area contributed by atoms with Crippen LogP contribution in [0, 0.1) is 0 Å². The predicted molar refractivity (Wildman–Crippen MR) is 112 cm³/mol. The fraction of sp³-hybridized carbons (Fsp3) is 0.429. The van der Waals surface area contributed by atoms with Gasteiger partial charge in [0.15, 0.2) is 5.69 Å². The SMILES string of the molecule is C[C@H](N)C(=O)NCc1cccc(-n2nc(C(F)(F)F)cc2-c2nnc([C@@H]3CCCCN3)o2)c1. The molecular weight excluding hydrogens is 439 g/mol. The number of carbonyl (C=O) groups is 1. The molecule has 1 aliphatic rings. The van der Waals surface area contributed by atoms with E-state index < -0.39 is 17.9 Å². The van der Waals surface area contributed by atoms with Gasteiger partial charge in [-0.3, -0.25) is 4.79 Å². The molecule has 176 valence electrons. The van der Waals surface area contributed by atoms with Gasteiger partial charge < -0.3 is 20.8 Å². The van der Waals surface area contributed by atoms with Gasteiger partial charge in [0, 0.05) is 12.6 Å². The lowest BCUT2D eigenvalue weighted by molar-refractivity contribution is -0.141. The summed E-state index contributed by atoms with van der Waals surface area (Å²) in [5.74, 6) is -0.0661. The van der Waals surface area contributed by atoms with Gasteiger partial charge in [0.2, 0.25) is 11.8 Å². The number of halogens is 3. The summed E-state index contributed by atoms with van der Waals surface area (Å²) in [6.45, 7) is 2.53. The second kappa shape index (κ2) is 9.32. The highest BCUT2D eigenvalue weighted by Crippen LogP contribution is 2.33. The maximum atomic E-state index is 13.5. The first-order chi connectivity index (χ1) is 15.7. The minimum Gasteiger partial charge on any atom is -0.418 e.